The molecule has 1 aliphatic rings. The van der Waals surface area contributed by atoms with Gasteiger partial charge in [-0.25, -0.2) is 4.79 Å². The van der Waals surface area contributed by atoms with Gasteiger partial charge in [0.1, 0.15) is 6.10 Å². The van der Waals surface area contributed by atoms with Gasteiger partial charge in [0.25, 0.3) is 0 Å². The van der Waals surface area contributed by atoms with Crippen LogP contribution in [0, 0.1) is 5.92 Å². The van der Waals surface area contributed by atoms with E-state index in [2.05, 4.69) is 26.8 Å². The van der Waals surface area contributed by atoms with E-state index >= 15 is 0 Å². The summed E-state index contributed by atoms with van der Waals surface area (Å²) in [5.41, 5.74) is 1.38. The Balaban J connectivity index is 2.16. The summed E-state index contributed by atoms with van der Waals surface area (Å²) in [4.78, 5) is 11.1. The highest BCUT2D eigenvalue weighted by molar-refractivity contribution is 5.82. The van der Waals surface area contributed by atoms with Crippen molar-refractivity contribution >= 4 is 5.97 Å². The lowest BCUT2D eigenvalue weighted by atomic mass is 9.98. The maximum Gasteiger partial charge on any atom is 0.330 e. The number of hydrogen-bond donors (Lipinski definition) is 0. The second kappa shape index (κ2) is 8.16. The van der Waals surface area contributed by atoms with E-state index in [0.29, 0.717) is 12.5 Å². The van der Waals surface area contributed by atoms with Crippen LogP contribution >= 0.6 is 0 Å². The first-order chi connectivity index (χ1) is 9.02. The van der Waals surface area contributed by atoms with E-state index in [9.17, 15) is 4.79 Å². The number of allylic oxidation sites excluding steroid dienone is 2. The van der Waals surface area contributed by atoms with Crippen molar-refractivity contribution < 1.29 is 14.3 Å². The Kier molecular flexibility index (Phi) is 6.85. The van der Waals surface area contributed by atoms with Crippen molar-refractivity contribution in [3.05, 3.63) is 23.8 Å². The van der Waals surface area contributed by atoms with E-state index in [4.69, 9.17) is 9.47 Å². The van der Waals surface area contributed by atoms with E-state index in [-0.39, 0.29) is 18.2 Å². The second-order valence-corrected chi connectivity index (χ2v) is 5.45. The lowest BCUT2D eigenvalue weighted by molar-refractivity contribution is -0.137. The average molecular weight is 266 g/mol. The fourth-order valence-corrected chi connectivity index (χ4v) is 2.05. The number of rotatable bonds is 8. The third-order valence-corrected chi connectivity index (χ3v) is 3.18. The van der Waals surface area contributed by atoms with Crippen molar-refractivity contribution in [3.8, 4) is 0 Å². The van der Waals surface area contributed by atoms with Crippen LogP contribution < -0.4 is 0 Å². The fraction of sp³-hybridized carbons (Fsp3) is 0.688. The largest absolute Gasteiger partial charge is 0.463 e. The number of carbonyl (C=O) groups is 1. The van der Waals surface area contributed by atoms with Gasteiger partial charge in [0.05, 0.1) is 12.7 Å². The smallest absolute Gasteiger partial charge is 0.330 e. The van der Waals surface area contributed by atoms with Crippen LogP contribution in [0.3, 0.4) is 0 Å². The summed E-state index contributed by atoms with van der Waals surface area (Å²) in [7, 11) is 0. The number of carbonyl (C=O) groups excluding carboxylic acids is 1. The topological polar surface area (TPSA) is 38.8 Å². The number of hydrogen-bond acceptors (Lipinski definition) is 3. The summed E-state index contributed by atoms with van der Waals surface area (Å²) in [5.74, 6) is 0.370. The summed E-state index contributed by atoms with van der Waals surface area (Å²) in [6.45, 7) is 8.73. The van der Waals surface area contributed by atoms with Crippen LogP contribution in [0.4, 0.5) is 0 Å². The van der Waals surface area contributed by atoms with Crippen molar-refractivity contribution in [1.29, 1.82) is 0 Å². The van der Waals surface area contributed by atoms with Crippen LogP contribution in [0.25, 0.3) is 0 Å². The molecule has 0 amide bonds. The third-order valence-electron chi connectivity index (χ3n) is 3.18. The monoisotopic (exact) mass is 266 g/mol. The van der Waals surface area contributed by atoms with Crippen molar-refractivity contribution in [3.63, 3.8) is 0 Å². The quantitative estimate of drug-likeness (QED) is 0.291. The van der Waals surface area contributed by atoms with Crippen LogP contribution in [0.1, 0.15) is 47.0 Å². The molecule has 3 atom stereocenters. The van der Waals surface area contributed by atoms with Gasteiger partial charge in [-0.15, -0.1) is 0 Å². The molecule has 3 heteroatoms. The first-order valence-corrected chi connectivity index (χ1v) is 7.16. The Morgan fingerprint density at radius 3 is 2.79 bits per heavy atom. The highest BCUT2D eigenvalue weighted by Crippen LogP contribution is 2.31. The van der Waals surface area contributed by atoms with Crippen molar-refractivity contribution in [1.82, 2.24) is 0 Å². The maximum atomic E-state index is 11.1. The van der Waals surface area contributed by atoms with Gasteiger partial charge >= 0.3 is 5.97 Å². The molecule has 0 bridgehead atoms. The lowest BCUT2D eigenvalue weighted by Crippen LogP contribution is -2.03. The fourth-order valence-electron chi connectivity index (χ4n) is 2.05. The normalized spacial score (nSPS) is 23.2. The van der Waals surface area contributed by atoms with Gasteiger partial charge in [0, 0.05) is 6.08 Å². The van der Waals surface area contributed by atoms with Crippen LogP contribution in [-0.2, 0) is 14.3 Å². The zero-order valence-corrected chi connectivity index (χ0v) is 12.5. The SMILES string of the molecule is CCOC(=O)/C=C/C1OC1C[C@H](C)CCC=C(C)C. The summed E-state index contributed by atoms with van der Waals surface area (Å²) in [5, 5.41) is 0. The van der Waals surface area contributed by atoms with Crippen LogP contribution in [-0.4, -0.2) is 24.8 Å². The van der Waals surface area contributed by atoms with Crippen molar-refractivity contribution in [2.75, 3.05) is 6.61 Å². The molecule has 0 N–H and O–H groups in total. The summed E-state index contributed by atoms with van der Waals surface area (Å²) in [6, 6.07) is 0. The molecule has 0 radical (unpaired) electrons. The molecular formula is C16H26O3. The molecule has 2 unspecified atom stereocenters. The van der Waals surface area contributed by atoms with Crippen LogP contribution in [0.5, 0.6) is 0 Å². The summed E-state index contributed by atoms with van der Waals surface area (Å²) < 4.78 is 10.4. The molecule has 3 nitrogen and oxygen atoms in total. The molecule has 1 aliphatic heterocycles. The molecule has 19 heavy (non-hydrogen) atoms. The number of epoxide rings is 1. The molecule has 0 spiro atoms. The summed E-state index contributed by atoms with van der Waals surface area (Å²) in [6.07, 6.45) is 9.35. The second-order valence-electron chi connectivity index (χ2n) is 5.45. The Morgan fingerprint density at radius 2 is 2.16 bits per heavy atom. The molecule has 1 saturated heterocycles. The van der Waals surface area contributed by atoms with E-state index in [1.807, 2.05) is 6.08 Å². The molecule has 1 heterocycles. The highest BCUT2D eigenvalue weighted by Gasteiger charge is 2.37. The predicted octanol–water partition coefficient (Wildman–Crippen LogP) is 3.65. The van der Waals surface area contributed by atoms with Crippen molar-refractivity contribution in [2.45, 2.75) is 59.2 Å². The minimum Gasteiger partial charge on any atom is -0.463 e. The Labute approximate surface area is 116 Å². The molecule has 0 aromatic rings. The zero-order valence-electron chi connectivity index (χ0n) is 12.5. The lowest BCUT2D eigenvalue weighted by Gasteiger charge is -2.07. The first kappa shape index (κ1) is 16.0. The minimum atomic E-state index is -0.284. The first-order valence-electron chi connectivity index (χ1n) is 7.16. The van der Waals surface area contributed by atoms with Gasteiger partial charge in [-0.3, -0.25) is 0 Å². The van der Waals surface area contributed by atoms with E-state index < -0.39 is 0 Å². The van der Waals surface area contributed by atoms with Gasteiger partial charge in [-0.1, -0.05) is 18.6 Å². The summed E-state index contributed by atoms with van der Waals surface area (Å²) >= 11 is 0. The van der Waals surface area contributed by atoms with Gasteiger partial charge in [-0.2, -0.15) is 0 Å². The molecular weight excluding hydrogens is 240 g/mol. The van der Waals surface area contributed by atoms with Crippen molar-refractivity contribution in [2.24, 2.45) is 5.92 Å². The molecule has 1 fully saturated rings. The Bertz CT molecular complexity index is 340. The highest BCUT2D eigenvalue weighted by atomic mass is 16.6. The molecule has 108 valence electrons. The van der Waals surface area contributed by atoms with E-state index in [1.54, 1.807) is 6.92 Å². The Hall–Kier alpha value is -1.09. The number of ether oxygens (including phenoxy) is 2. The van der Waals surface area contributed by atoms with Gasteiger partial charge in [-0.05, 0) is 52.0 Å². The van der Waals surface area contributed by atoms with E-state index in [1.165, 1.54) is 18.1 Å². The van der Waals surface area contributed by atoms with Crippen LogP contribution in [0.2, 0.25) is 0 Å². The number of esters is 1. The minimum absolute atomic E-state index is 0.107. The van der Waals surface area contributed by atoms with Gasteiger partial charge < -0.3 is 9.47 Å². The van der Waals surface area contributed by atoms with Gasteiger partial charge in [0.15, 0.2) is 0 Å². The molecule has 0 aromatic heterocycles. The molecule has 1 rings (SSSR count). The molecule has 0 aromatic carbocycles. The predicted molar refractivity (Wildman–Crippen MR) is 76.9 cm³/mol. The Morgan fingerprint density at radius 1 is 1.42 bits per heavy atom. The van der Waals surface area contributed by atoms with E-state index in [0.717, 1.165) is 12.8 Å². The van der Waals surface area contributed by atoms with Gasteiger partial charge in [0.2, 0.25) is 0 Å². The van der Waals surface area contributed by atoms with Crippen LogP contribution in [0.15, 0.2) is 23.8 Å². The third kappa shape index (κ3) is 7.16. The standard InChI is InChI=1S/C16H26O3/c1-5-18-16(17)10-9-14-15(19-14)11-13(4)8-6-7-12(2)3/h7,9-10,13-15H,5-6,8,11H2,1-4H3/b10-9+/t13-,14?,15?/m1/s1. The molecule has 0 aliphatic carbocycles. The average Bonchev–Trinajstić information content (AvgIpc) is 3.04. The maximum absolute atomic E-state index is 11.1. The zero-order chi connectivity index (χ0) is 14.3. The molecule has 0 saturated carbocycles.